The molecule has 0 radical (unpaired) electrons. The SMILES string of the molecule is COC(C)(C)CCOC(C)(C)C(C)(C)C(=O)CCCCCO. The third-order valence-electron chi connectivity index (χ3n) is 4.98. The molecule has 0 spiro atoms. The number of hydrogen-bond acceptors (Lipinski definition) is 4. The highest BCUT2D eigenvalue weighted by Gasteiger charge is 2.43. The molecule has 0 bridgehead atoms. The summed E-state index contributed by atoms with van der Waals surface area (Å²) in [6.45, 7) is 12.7. The van der Waals surface area contributed by atoms with Gasteiger partial charge in [-0.25, -0.2) is 0 Å². The zero-order valence-corrected chi connectivity index (χ0v) is 15.6. The van der Waals surface area contributed by atoms with Crippen molar-refractivity contribution >= 4 is 5.78 Å². The average molecular weight is 316 g/mol. The van der Waals surface area contributed by atoms with E-state index in [1.165, 1.54) is 0 Å². The van der Waals surface area contributed by atoms with Gasteiger partial charge in [-0.3, -0.25) is 4.79 Å². The van der Waals surface area contributed by atoms with Gasteiger partial charge in [-0.05, 0) is 47.0 Å². The normalized spacial score (nSPS) is 13.5. The first-order valence-electron chi connectivity index (χ1n) is 8.33. The molecule has 4 heteroatoms. The third-order valence-corrected chi connectivity index (χ3v) is 4.98. The van der Waals surface area contributed by atoms with Gasteiger partial charge >= 0.3 is 0 Å². The maximum absolute atomic E-state index is 12.5. The van der Waals surface area contributed by atoms with Crippen LogP contribution in [-0.2, 0) is 14.3 Å². The van der Waals surface area contributed by atoms with Crippen molar-refractivity contribution < 1.29 is 19.4 Å². The molecular weight excluding hydrogens is 280 g/mol. The number of Topliss-reactive ketones (excluding diaryl/α,β-unsaturated/α-hetero) is 1. The number of carbonyl (C=O) groups is 1. The molecule has 0 aliphatic rings. The van der Waals surface area contributed by atoms with Crippen LogP contribution in [0.15, 0.2) is 0 Å². The van der Waals surface area contributed by atoms with E-state index in [4.69, 9.17) is 14.6 Å². The first kappa shape index (κ1) is 21.6. The van der Waals surface area contributed by atoms with Crippen LogP contribution in [0.1, 0.15) is 73.6 Å². The summed E-state index contributed by atoms with van der Waals surface area (Å²) in [5, 5.41) is 8.79. The smallest absolute Gasteiger partial charge is 0.141 e. The molecular formula is C18H36O4. The van der Waals surface area contributed by atoms with Crippen molar-refractivity contribution in [3.63, 3.8) is 0 Å². The molecule has 0 aromatic carbocycles. The average Bonchev–Trinajstić information content (AvgIpc) is 2.42. The van der Waals surface area contributed by atoms with E-state index in [2.05, 4.69) is 0 Å². The number of ether oxygens (including phenoxy) is 2. The number of hydrogen-bond donors (Lipinski definition) is 1. The van der Waals surface area contributed by atoms with Gasteiger partial charge < -0.3 is 14.6 Å². The van der Waals surface area contributed by atoms with Crippen molar-refractivity contribution in [1.82, 2.24) is 0 Å². The van der Waals surface area contributed by atoms with Gasteiger partial charge in [-0.15, -0.1) is 0 Å². The number of rotatable bonds is 12. The van der Waals surface area contributed by atoms with Crippen molar-refractivity contribution in [1.29, 1.82) is 0 Å². The number of carbonyl (C=O) groups excluding carboxylic acids is 1. The van der Waals surface area contributed by atoms with Crippen LogP contribution in [0.2, 0.25) is 0 Å². The third kappa shape index (κ3) is 6.76. The van der Waals surface area contributed by atoms with E-state index in [0.717, 1.165) is 25.7 Å². The molecule has 1 N–H and O–H groups in total. The Morgan fingerprint density at radius 3 is 2.09 bits per heavy atom. The van der Waals surface area contributed by atoms with Crippen molar-refractivity contribution in [3.05, 3.63) is 0 Å². The Kier molecular flexibility index (Phi) is 8.81. The molecule has 0 aliphatic heterocycles. The maximum atomic E-state index is 12.5. The Morgan fingerprint density at radius 2 is 1.59 bits per heavy atom. The molecule has 0 fully saturated rings. The molecule has 0 saturated heterocycles. The summed E-state index contributed by atoms with van der Waals surface area (Å²) in [4.78, 5) is 12.5. The lowest BCUT2D eigenvalue weighted by atomic mass is 9.72. The zero-order valence-electron chi connectivity index (χ0n) is 15.6. The van der Waals surface area contributed by atoms with Gasteiger partial charge in [-0.1, -0.05) is 20.3 Å². The molecule has 0 aromatic rings. The topological polar surface area (TPSA) is 55.8 Å². The van der Waals surface area contributed by atoms with Crippen LogP contribution in [-0.4, -0.2) is 42.4 Å². The molecule has 0 amide bonds. The molecule has 0 aromatic heterocycles. The Bertz CT molecular complexity index is 332. The van der Waals surface area contributed by atoms with Crippen molar-refractivity contribution in [3.8, 4) is 0 Å². The summed E-state index contributed by atoms with van der Waals surface area (Å²) >= 11 is 0. The first-order chi connectivity index (χ1) is 10.00. The highest BCUT2D eigenvalue weighted by molar-refractivity contribution is 5.85. The van der Waals surface area contributed by atoms with Crippen molar-refractivity contribution in [2.24, 2.45) is 5.41 Å². The van der Waals surface area contributed by atoms with Crippen LogP contribution in [0, 0.1) is 5.41 Å². The van der Waals surface area contributed by atoms with E-state index in [1.54, 1.807) is 7.11 Å². The lowest BCUT2D eigenvalue weighted by Crippen LogP contribution is -2.47. The van der Waals surface area contributed by atoms with E-state index in [9.17, 15) is 4.79 Å². The second-order valence-corrected chi connectivity index (χ2v) is 7.66. The fourth-order valence-corrected chi connectivity index (χ4v) is 2.06. The van der Waals surface area contributed by atoms with Gasteiger partial charge in [0.25, 0.3) is 0 Å². The second-order valence-electron chi connectivity index (χ2n) is 7.66. The molecule has 0 unspecified atom stereocenters. The Morgan fingerprint density at radius 1 is 1.00 bits per heavy atom. The number of aliphatic hydroxyl groups is 1. The maximum Gasteiger partial charge on any atom is 0.141 e. The van der Waals surface area contributed by atoms with E-state index in [0.29, 0.717) is 13.0 Å². The van der Waals surface area contributed by atoms with Crippen LogP contribution in [0.5, 0.6) is 0 Å². The van der Waals surface area contributed by atoms with Crippen LogP contribution >= 0.6 is 0 Å². The van der Waals surface area contributed by atoms with E-state index in [-0.39, 0.29) is 18.0 Å². The minimum atomic E-state index is -0.538. The molecule has 132 valence electrons. The Balaban J connectivity index is 4.48. The van der Waals surface area contributed by atoms with Crippen LogP contribution in [0.25, 0.3) is 0 Å². The van der Waals surface area contributed by atoms with Crippen LogP contribution in [0.4, 0.5) is 0 Å². The molecule has 0 aliphatic carbocycles. The van der Waals surface area contributed by atoms with Gasteiger partial charge in [0.2, 0.25) is 0 Å². The Labute approximate surface area is 136 Å². The number of unbranched alkanes of at least 4 members (excludes halogenated alkanes) is 2. The molecule has 0 rings (SSSR count). The van der Waals surface area contributed by atoms with E-state index < -0.39 is 11.0 Å². The van der Waals surface area contributed by atoms with Crippen LogP contribution < -0.4 is 0 Å². The summed E-state index contributed by atoms with van der Waals surface area (Å²) in [5.74, 6) is 0.224. The molecule has 0 heterocycles. The first-order valence-corrected chi connectivity index (χ1v) is 8.33. The fourth-order valence-electron chi connectivity index (χ4n) is 2.06. The minimum Gasteiger partial charge on any atom is -0.396 e. The quantitative estimate of drug-likeness (QED) is 0.557. The van der Waals surface area contributed by atoms with Crippen LogP contribution in [0.3, 0.4) is 0 Å². The van der Waals surface area contributed by atoms with E-state index in [1.807, 2.05) is 41.5 Å². The standard InChI is InChI=1S/C18H36O4/c1-16(2,21-7)12-14-22-18(5,6)17(3,4)15(20)11-9-8-10-13-19/h19H,8-14H2,1-7H3. The zero-order chi connectivity index (χ0) is 17.4. The molecule has 0 atom stereocenters. The highest BCUT2D eigenvalue weighted by Crippen LogP contribution is 2.36. The second kappa shape index (κ2) is 8.99. The largest absolute Gasteiger partial charge is 0.396 e. The fraction of sp³-hybridized carbons (Fsp3) is 0.944. The Hall–Kier alpha value is -0.450. The lowest BCUT2D eigenvalue weighted by molar-refractivity contribution is -0.151. The summed E-state index contributed by atoms with van der Waals surface area (Å²) in [7, 11) is 1.70. The summed E-state index contributed by atoms with van der Waals surface area (Å²) in [6, 6.07) is 0. The van der Waals surface area contributed by atoms with Crippen molar-refractivity contribution in [2.45, 2.75) is 84.8 Å². The molecule has 4 nitrogen and oxygen atoms in total. The highest BCUT2D eigenvalue weighted by atomic mass is 16.5. The van der Waals surface area contributed by atoms with Crippen molar-refractivity contribution in [2.75, 3.05) is 20.3 Å². The van der Waals surface area contributed by atoms with Gasteiger partial charge in [0.15, 0.2) is 0 Å². The molecule has 0 saturated carbocycles. The summed E-state index contributed by atoms with van der Waals surface area (Å²) < 4.78 is 11.4. The predicted octanol–water partition coefficient (Wildman–Crippen LogP) is 3.74. The summed E-state index contributed by atoms with van der Waals surface area (Å²) in [6.07, 6.45) is 3.81. The number of ketones is 1. The van der Waals surface area contributed by atoms with E-state index >= 15 is 0 Å². The lowest BCUT2D eigenvalue weighted by Gasteiger charge is -2.41. The van der Waals surface area contributed by atoms with Gasteiger partial charge in [0, 0.05) is 20.1 Å². The van der Waals surface area contributed by atoms with Gasteiger partial charge in [0.1, 0.15) is 5.78 Å². The molecule has 22 heavy (non-hydrogen) atoms. The number of aliphatic hydroxyl groups excluding tert-OH is 1. The monoisotopic (exact) mass is 316 g/mol. The van der Waals surface area contributed by atoms with Gasteiger partial charge in [0.05, 0.1) is 23.2 Å². The number of methoxy groups -OCH3 is 1. The van der Waals surface area contributed by atoms with Gasteiger partial charge in [-0.2, -0.15) is 0 Å². The predicted molar refractivity (Wildman–Crippen MR) is 90.1 cm³/mol. The minimum absolute atomic E-state index is 0.196. The summed E-state index contributed by atoms with van der Waals surface area (Å²) in [5.41, 5.74) is -1.27.